The quantitative estimate of drug-likeness (QED) is 0.759. The van der Waals surface area contributed by atoms with Crippen molar-refractivity contribution in [3.8, 4) is 5.69 Å². The Morgan fingerprint density at radius 1 is 1.24 bits per heavy atom. The number of rotatable bonds is 5. The number of nitrogens with one attached hydrogen (secondary N) is 1. The first-order valence-corrected chi connectivity index (χ1v) is 9.51. The van der Waals surface area contributed by atoms with Crippen LogP contribution < -0.4 is 10.7 Å². The van der Waals surface area contributed by atoms with Crippen molar-refractivity contribution in [1.82, 2.24) is 15.1 Å². The van der Waals surface area contributed by atoms with E-state index in [4.69, 9.17) is 0 Å². The molecule has 1 aromatic heterocycles. The molecule has 0 saturated heterocycles. The minimum absolute atomic E-state index is 0.204. The highest BCUT2D eigenvalue weighted by atomic mass is 19.4. The highest BCUT2D eigenvalue weighted by Crippen LogP contribution is 2.33. The van der Waals surface area contributed by atoms with Crippen LogP contribution in [-0.4, -0.2) is 22.2 Å². The number of benzene rings is 1. The fourth-order valence-electron chi connectivity index (χ4n) is 3.40. The van der Waals surface area contributed by atoms with E-state index in [1.807, 2.05) is 0 Å². The molecule has 1 aromatic carbocycles. The first-order valence-electron chi connectivity index (χ1n) is 9.51. The Bertz CT molecular complexity index is 993. The Kier molecular flexibility index (Phi) is 6.20. The zero-order valence-electron chi connectivity index (χ0n) is 16.1. The van der Waals surface area contributed by atoms with Crippen LogP contribution in [-0.2, 0) is 6.18 Å². The van der Waals surface area contributed by atoms with Crippen molar-refractivity contribution in [2.45, 2.75) is 45.2 Å². The maximum absolute atomic E-state index is 13.4. The molecule has 0 aliphatic heterocycles. The minimum Gasteiger partial charge on any atom is -0.350 e. The van der Waals surface area contributed by atoms with E-state index >= 15 is 0 Å². The number of para-hydroxylation sites is 1. The van der Waals surface area contributed by atoms with Gasteiger partial charge in [0.15, 0.2) is 5.69 Å². The smallest absolute Gasteiger partial charge is 0.350 e. The number of nitrogens with zero attached hydrogens (tertiary/aromatic N) is 2. The number of aryl methyl sites for hydroxylation is 1. The molecule has 154 valence electrons. The number of allylic oxidation sites excluding steroid dienone is 1. The number of halogens is 3. The molecule has 1 aliphatic rings. The molecule has 3 rings (SSSR count). The fourth-order valence-corrected chi connectivity index (χ4v) is 3.40. The lowest BCUT2D eigenvalue weighted by Crippen LogP contribution is -2.33. The zero-order chi connectivity index (χ0) is 21.0. The summed E-state index contributed by atoms with van der Waals surface area (Å²) < 4.78 is 41.1. The number of carbonyl (C=O) groups excluding carboxylic acids is 1. The Morgan fingerprint density at radius 2 is 2.00 bits per heavy atom. The molecule has 0 fully saturated rings. The van der Waals surface area contributed by atoms with Gasteiger partial charge in [0.25, 0.3) is 5.91 Å². The van der Waals surface area contributed by atoms with Crippen LogP contribution in [0.15, 0.2) is 46.8 Å². The summed E-state index contributed by atoms with van der Waals surface area (Å²) in [6.45, 7) is 1.82. The normalized spacial score (nSPS) is 14.4. The molecule has 1 aliphatic carbocycles. The Morgan fingerprint density at radius 3 is 2.69 bits per heavy atom. The second kappa shape index (κ2) is 8.63. The Labute approximate surface area is 166 Å². The lowest BCUT2D eigenvalue weighted by atomic mass is 9.97. The zero-order valence-corrected chi connectivity index (χ0v) is 16.1. The van der Waals surface area contributed by atoms with Crippen LogP contribution in [0.25, 0.3) is 5.69 Å². The first-order chi connectivity index (χ1) is 13.8. The molecule has 0 atom stereocenters. The lowest BCUT2D eigenvalue weighted by molar-refractivity contribution is -0.137. The van der Waals surface area contributed by atoms with Gasteiger partial charge in [0.05, 0.1) is 11.3 Å². The largest absolute Gasteiger partial charge is 0.418 e. The highest BCUT2D eigenvalue weighted by Gasteiger charge is 2.34. The van der Waals surface area contributed by atoms with Crippen molar-refractivity contribution in [1.29, 1.82) is 0 Å². The first kappa shape index (κ1) is 20.8. The number of carbonyl (C=O) groups is 1. The second-order valence-electron chi connectivity index (χ2n) is 7.04. The standard InChI is InChI=1S/C21H22F3N3O2/c1-14-13-18(28)19(20(29)25-12-11-15-7-3-2-4-8-15)26-27(14)17-10-6-5-9-16(17)21(22,23)24/h5-7,9-10,13H,2-4,8,11-12H2,1H3,(H,25,29). The molecule has 1 amide bonds. The average Bonchev–Trinajstić information content (AvgIpc) is 2.68. The Hall–Kier alpha value is -2.90. The topological polar surface area (TPSA) is 64.0 Å². The van der Waals surface area contributed by atoms with Gasteiger partial charge in [-0.2, -0.15) is 18.3 Å². The summed E-state index contributed by atoms with van der Waals surface area (Å²) in [6.07, 6.45) is 2.59. The van der Waals surface area contributed by atoms with Gasteiger partial charge in [0, 0.05) is 18.3 Å². The van der Waals surface area contributed by atoms with Gasteiger partial charge >= 0.3 is 6.18 Å². The molecule has 0 unspecified atom stereocenters. The predicted octanol–water partition coefficient (Wildman–Crippen LogP) is 4.18. The third-order valence-electron chi connectivity index (χ3n) is 4.88. The molecular weight excluding hydrogens is 383 g/mol. The van der Waals surface area contributed by atoms with Gasteiger partial charge in [0.1, 0.15) is 0 Å². The van der Waals surface area contributed by atoms with Crippen molar-refractivity contribution >= 4 is 5.91 Å². The second-order valence-corrected chi connectivity index (χ2v) is 7.04. The molecule has 29 heavy (non-hydrogen) atoms. The van der Waals surface area contributed by atoms with Crippen LogP contribution in [0.2, 0.25) is 0 Å². The molecular formula is C21H22F3N3O2. The summed E-state index contributed by atoms with van der Waals surface area (Å²) >= 11 is 0. The summed E-state index contributed by atoms with van der Waals surface area (Å²) in [5.41, 5.74) is -0.711. The van der Waals surface area contributed by atoms with Gasteiger partial charge in [-0.25, -0.2) is 4.68 Å². The fraction of sp³-hybridized carbons (Fsp3) is 0.381. The van der Waals surface area contributed by atoms with Crippen molar-refractivity contribution in [2.75, 3.05) is 6.54 Å². The number of hydrogen-bond acceptors (Lipinski definition) is 3. The maximum atomic E-state index is 13.4. The van der Waals surface area contributed by atoms with Gasteiger partial charge in [0.2, 0.25) is 5.43 Å². The van der Waals surface area contributed by atoms with Gasteiger partial charge in [-0.15, -0.1) is 0 Å². The van der Waals surface area contributed by atoms with Gasteiger partial charge in [-0.1, -0.05) is 23.8 Å². The molecule has 5 nitrogen and oxygen atoms in total. The van der Waals surface area contributed by atoms with E-state index in [0.717, 1.165) is 36.1 Å². The third-order valence-corrected chi connectivity index (χ3v) is 4.88. The van der Waals surface area contributed by atoms with Gasteiger partial charge in [-0.05, 0) is 51.2 Å². The molecule has 2 aromatic rings. The molecule has 1 N–H and O–H groups in total. The van der Waals surface area contributed by atoms with Crippen LogP contribution in [0.5, 0.6) is 0 Å². The summed E-state index contributed by atoms with van der Waals surface area (Å²) in [7, 11) is 0. The lowest BCUT2D eigenvalue weighted by Gasteiger charge is -2.17. The molecule has 0 saturated carbocycles. The molecule has 0 bridgehead atoms. The van der Waals surface area contributed by atoms with Crippen LogP contribution in [0.3, 0.4) is 0 Å². The number of hydrogen-bond donors (Lipinski definition) is 1. The van der Waals surface area contributed by atoms with Crippen molar-refractivity contribution in [3.63, 3.8) is 0 Å². The number of aromatic nitrogens is 2. The monoisotopic (exact) mass is 405 g/mol. The van der Waals surface area contributed by atoms with E-state index in [-0.39, 0.29) is 11.4 Å². The van der Waals surface area contributed by atoms with Crippen LogP contribution in [0.4, 0.5) is 13.2 Å². The minimum atomic E-state index is -4.59. The molecule has 0 radical (unpaired) electrons. The van der Waals surface area contributed by atoms with E-state index in [9.17, 15) is 22.8 Å². The van der Waals surface area contributed by atoms with Gasteiger partial charge < -0.3 is 5.32 Å². The van der Waals surface area contributed by atoms with Crippen molar-refractivity contribution in [3.05, 3.63) is 69.2 Å². The number of alkyl halides is 3. The molecule has 8 heteroatoms. The van der Waals surface area contributed by atoms with Crippen LogP contribution in [0, 0.1) is 6.92 Å². The van der Waals surface area contributed by atoms with E-state index in [0.29, 0.717) is 13.0 Å². The molecule has 0 spiro atoms. The average molecular weight is 405 g/mol. The summed E-state index contributed by atoms with van der Waals surface area (Å²) in [4.78, 5) is 24.7. The van der Waals surface area contributed by atoms with Crippen LogP contribution >= 0.6 is 0 Å². The number of amides is 1. The summed E-state index contributed by atoms with van der Waals surface area (Å²) in [5, 5.41) is 6.61. The highest BCUT2D eigenvalue weighted by molar-refractivity contribution is 5.92. The summed E-state index contributed by atoms with van der Waals surface area (Å²) in [5.74, 6) is -0.690. The van der Waals surface area contributed by atoms with E-state index < -0.39 is 28.8 Å². The van der Waals surface area contributed by atoms with Crippen molar-refractivity contribution < 1.29 is 18.0 Å². The van der Waals surface area contributed by atoms with E-state index in [2.05, 4.69) is 16.5 Å². The van der Waals surface area contributed by atoms with Crippen molar-refractivity contribution in [2.24, 2.45) is 0 Å². The SMILES string of the molecule is Cc1cc(=O)c(C(=O)NCCC2=CCCCC2)nn1-c1ccccc1C(F)(F)F. The Balaban J connectivity index is 1.86. The van der Waals surface area contributed by atoms with Crippen LogP contribution in [0.1, 0.15) is 53.8 Å². The third kappa shape index (κ3) is 4.93. The van der Waals surface area contributed by atoms with E-state index in [1.54, 1.807) is 0 Å². The predicted molar refractivity (Wildman–Crippen MR) is 103 cm³/mol. The van der Waals surface area contributed by atoms with E-state index in [1.165, 1.54) is 37.1 Å². The summed E-state index contributed by atoms with van der Waals surface area (Å²) in [6, 6.07) is 6.04. The van der Waals surface area contributed by atoms with Gasteiger partial charge in [-0.3, -0.25) is 9.59 Å². The molecule has 1 heterocycles. The maximum Gasteiger partial charge on any atom is 0.418 e.